The number of oxazole rings is 1. The summed E-state index contributed by atoms with van der Waals surface area (Å²) in [6.45, 7) is 2.13. The predicted octanol–water partition coefficient (Wildman–Crippen LogP) is 3.37. The molecule has 1 heterocycles. The van der Waals surface area contributed by atoms with E-state index in [2.05, 4.69) is 4.98 Å². The molecule has 0 aliphatic rings. The first-order valence-corrected chi connectivity index (χ1v) is 11.1. The fraction of sp³-hybridized carbons (Fsp3) is 0.263. The molecule has 2 aromatic carbocycles. The minimum Gasteiger partial charge on any atom is -0.431 e. The van der Waals surface area contributed by atoms with Gasteiger partial charge >= 0.3 is 0 Å². The van der Waals surface area contributed by atoms with E-state index in [0.717, 1.165) is 5.56 Å². The molecule has 0 aliphatic carbocycles. The molecule has 0 spiro atoms. The lowest BCUT2D eigenvalue weighted by atomic mass is 10.2. The molecule has 0 aliphatic heterocycles. The second-order valence-corrected chi connectivity index (χ2v) is 9.24. The van der Waals surface area contributed by atoms with E-state index in [1.54, 1.807) is 24.9 Å². The van der Waals surface area contributed by atoms with Gasteiger partial charge in [-0.05, 0) is 23.8 Å². The van der Waals surface area contributed by atoms with Gasteiger partial charge in [-0.2, -0.15) is 0 Å². The third-order valence-electron chi connectivity index (χ3n) is 4.09. The summed E-state index contributed by atoms with van der Waals surface area (Å²) in [6, 6.07) is 14.4. The zero-order valence-corrected chi connectivity index (χ0v) is 16.7. The van der Waals surface area contributed by atoms with Crippen molar-refractivity contribution < 1.29 is 17.6 Å². The summed E-state index contributed by atoms with van der Waals surface area (Å²) >= 11 is 1.19. The molecule has 0 saturated heterocycles. The molecule has 8 heteroatoms. The summed E-state index contributed by atoms with van der Waals surface area (Å²) in [6.07, 6.45) is 0. The maximum Gasteiger partial charge on any atom is 0.257 e. The minimum absolute atomic E-state index is 0.0280. The molecule has 0 N–H and O–H groups in total. The number of benzene rings is 2. The van der Waals surface area contributed by atoms with Crippen molar-refractivity contribution in [1.29, 1.82) is 0 Å². The topological polar surface area (TPSA) is 80.5 Å². The van der Waals surface area contributed by atoms with Crippen LogP contribution in [0.4, 0.5) is 0 Å². The number of hydrogen-bond acceptors (Lipinski definition) is 6. The summed E-state index contributed by atoms with van der Waals surface area (Å²) in [7, 11) is -1.54. The lowest BCUT2D eigenvalue weighted by Gasteiger charge is -2.16. The van der Waals surface area contributed by atoms with Crippen molar-refractivity contribution >= 4 is 38.6 Å². The van der Waals surface area contributed by atoms with Crippen LogP contribution in [-0.2, 0) is 21.2 Å². The molecule has 1 amide bonds. The van der Waals surface area contributed by atoms with Crippen LogP contribution in [0.25, 0.3) is 11.1 Å². The Kier molecular flexibility index (Phi) is 5.86. The zero-order valence-electron chi connectivity index (χ0n) is 15.1. The van der Waals surface area contributed by atoms with Gasteiger partial charge in [0.1, 0.15) is 5.52 Å². The largest absolute Gasteiger partial charge is 0.431 e. The lowest BCUT2D eigenvalue weighted by Crippen LogP contribution is -2.27. The minimum atomic E-state index is -3.30. The summed E-state index contributed by atoms with van der Waals surface area (Å²) in [5.74, 6) is 0.177. The van der Waals surface area contributed by atoms with Gasteiger partial charge in [0.2, 0.25) is 5.91 Å². The Morgan fingerprint density at radius 2 is 1.93 bits per heavy atom. The van der Waals surface area contributed by atoms with Gasteiger partial charge in [-0.3, -0.25) is 4.79 Å². The number of carbonyl (C=O) groups excluding carboxylic acids is 1. The highest BCUT2D eigenvalue weighted by Crippen LogP contribution is 2.26. The van der Waals surface area contributed by atoms with Crippen LogP contribution in [0.2, 0.25) is 0 Å². The normalized spacial score (nSPS) is 11.6. The van der Waals surface area contributed by atoms with Crippen molar-refractivity contribution in [2.24, 2.45) is 0 Å². The highest BCUT2D eigenvalue weighted by atomic mass is 32.2. The summed E-state index contributed by atoms with van der Waals surface area (Å²) in [4.78, 5) is 18.5. The number of fused-ring (bicyclic) bond motifs is 1. The lowest BCUT2D eigenvalue weighted by molar-refractivity contribution is -0.127. The highest BCUT2D eigenvalue weighted by molar-refractivity contribution is 7.99. The molecule has 0 saturated carbocycles. The van der Waals surface area contributed by atoms with Gasteiger partial charge < -0.3 is 9.32 Å². The van der Waals surface area contributed by atoms with Crippen molar-refractivity contribution in [2.75, 3.05) is 18.6 Å². The van der Waals surface area contributed by atoms with Gasteiger partial charge in [0, 0.05) is 13.6 Å². The molecule has 6 nitrogen and oxygen atoms in total. The fourth-order valence-electron chi connectivity index (χ4n) is 2.49. The standard InChI is InChI=1S/C19H20N2O4S2/c1-3-27(23,24)15-9-10-17-16(11-15)20-19(25-17)26-13-18(22)21(2)12-14-7-5-4-6-8-14/h4-11H,3,12-13H2,1-2H3. The van der Waals surface area contributed by atoms with Crippen LogP contribution in [0.3, 0.4) is 0 Å². The fourth-order valence-corrected chi connectivity index (χ4v) is 4.17. The molecule has 142 valence electrons. The van der Waals surface area contributed by atoms with Crippen LogP contribution >= 0.6 is 11.8 Å². The van der Waals surface area contributed by atoms with Gasteiger partial charge in [0.05, 0.1) is 16.4 Å². The third-order valence-corrected chi connectivity index (χ3v) is 6.63. The molecular formula is C19H20N2O4S2. The Morgan fingerprint density at radius 1 is 1.19 bits per heavy atom. The van der Waals surface area contributed by atoms with E-state index in [1.807, 2.05) is 30.3 Å². The summed E-state index contributed by atoms with van der Waals surface area (Å²) in [5.41, 5.74) is 2.03. The second-order valence-electron chi connectivity index (χ2n) is 6.04. The molecule has 0 radical (unpaired) electrons. The molecule has 0 fully saturated rings. The Labute approximate surface area is 162 Å². The molecule has 0 bridgehead atoms. The van der Waals surface area contributed by atoms with Crippen molar-refractivity contribution in [2.45, 2.75) is 23.6 Å². The Bertz CT molecular complexity index is 1050. The molecule has 0 unspecified atom stereocenters. The summed E-state index contributed by atoms with van der Waals surface area (Å²) < 4.78 is 29.6. The van der Waals surface area contributed by atoms with Crippen molar-refractivity contribution in [3.8, 4) is 0 Å². The van der Waals surface area contributed by atoms with Crippen LogP contribution in [0, 0.1) is 0 Å². The van der Waals surface area contributed by atoms with E-state index in [4.69, 9.17) is 4.42 Å². The van der Waals surface area contributed by atoms with Gasteiger partial charge in [0.15, 0.2) is 15.4 Å². The van der Waals surface area contributed by atoms with Gasteiger partial charge in [-0.25, -0.2) is 13.4 Å². The van der Waals surface area contributed by atoms with E-state index in [1.165, 1.54) is 23.9 Å². The molecular weight excluding hydrogens is 384 g/mol. The van der Waals surface area contributed by atoms with Gasteiger partial charge in [-0.1, -0.05) is 49.0 Å². The van der Waals surface area contributed by atoms with Crippen LogP contribution in [0.5, 0.6) is 0 Å². The summed E-state index contributed by atoms with van der Waals surface area (Å²) in [5, 5.41) is 0.345. The molecule has 27 heavy (non-hydrogen) atoms. The van der Waals surface area contributed by atoms with E-state index >= 15 is 0 Å². The van der Waals surface area contributed by atoms with Crippen LogP contribution in [0.1, 0.15) is 12.5 Å². The average Bonchev–Trinajstić information content (AvgIpc) is 3.09. The van der Waals surface area contributed by atoms with Gasteiger partial charge in [0.25, 0.3) is 5.22 Å². The number of carbonyl (C=O) groups is 1. The first kappa shape index (κ1) is 19.4. The van der Waals surface area contributed by atoms with E-state index in [-0.39, 0.29) is 22.3 Å². The number of aromatic nitrogens is 1. The van der Waals surface area contributed by atoms with Crippen molar-refractivity contribution in [1.82, 2.24) is 9.88 Å². The molecule has 3 aromatic rings. The quantitative estimate of drug-likeness (QED) is 0.562. The maximum absolute atomic E-state index is 12.3. The Balaban J connectivity index is 1.65. The van der Waals surface area contributed by atoms with Crippen LogP contribution < -0.4 is 0 Å². The van der Waals surface area contributed by atoms with E-state index < -0.39 is 9.84 Å². The number of hydrogen-bond donors (Lipinski definition) is 0. The van der Waals surface area contributed by atoms with Crippen molar-refractivity contribution in [3.05, 3.63) is 54.1 Å². The number of rotatable bonds is 7. The number of thioether (sulfide) groups is 1. The Hall–Kier alpha value is -2.32. The third kappa shape index (κ3) is 4.70. The monoisotopic (exact) mass is 404 g/mol. The first-order chi connectivity index (χ1) is 12.9. The average molecular weight is 405 g/mol. The molecule has 0 atom stereocenters. The number of amides is 1. The molecule has 1 aromatic heterocycles. The second kappa shape index (κ2) is 8.14. The van der Waals surface area contributed by atoms with Crippen molar-refractivity contribution in [3.63, 3.8) is 0 Å². The van der Waals surface area contributed by atoms with Crippen LogP contribution in [-0.4, -0.2) is 42.8 Å². The maximum atomic E-state index is 12.3. The van der Waals surface area contributed by atoms with E-state index in [9.17, 15) is 13.2 Å². The SMILES string of the molecule is CCS(=O)(=O)c1ccc2oc(SCC(=O)N(C)Cc3ccccc3)nc2c1. The van der Waals surface area contributed by atoms with Crippen LogP contribution in [0.15, 0.2) is 63.1 Å². The first-order valence-electron chi connectivity index (χ1n) is 8.43. The molecule has 3 rings (SSSR count). The number of nitrogens with zero attached hydrogens (tertiary/aromatic N) is 2. The smallest absolute Gasteiger partial charge is 0.257 e. The zero-order chi connectivity index (χ0) is 19.4. The van der Waals surface area contributed by atoms with Gasteiger partial charge in [-0.15, -0.1) is 0 Å². The Morgan fingerprint density at radius 3 is 2.63 bits per heavy atom. The van der Waals surface area contributed by atoms with E-state index in [0.29, 0.717) is 22.9 Å². The number of sulfone groups is 1. The highest BCUT2D eigenvalue weighted by Gasteiger charge is 2.16. The predicted molar refractivity (Wildman–Crippen MR) is 105 cm³/mol.